The van der Waals surface area contributed by atoms with E-state index >= 15 is 0 Å². The first-order chi connectivity index (χ1) is 15.0. The normalized spacial score (nSPS) is 14.0. The minimum absolute atomic E-state index is 0. The summed E-state index contributed by atoms with van der Waals surface area (Å²) in [6, 6.07) is 14.5. The van der Waals surface area contributed by atoms with Crippen molar-refractivity contribution in [2.75, 3.05) is 0 Å². The van der Waals surface area contributed by atoms with Gasteiger partial charge in [0.05, 0.1) is 0 Å². The number of unbranched alkanes of at least 4 members (excludes halogenated alkanes) is 1. The third-order valence-corrected chi connectivity index (χ3v) is 7.02. The monoisotopic (exact) mass is 493 g/mol. The van der Waals surface area contributed by atoms with Gasteiger partial charge in [0.2, 0.25) is 0 Å². The van der Waals surface area contributed by atoms with Gasteiger partial charge in [-0.15, -0.1) is 24.8 Å². The summed E-state index contributed by atoms with van der Waals surface area (Å²) in [5, 5.41) is 2.74. The molecule has 0 aliphatic carbocycles. The highest BCUT2D eigenvalue weighted by Crippen LogP contribution is 2.33. The third kappa shape index (κ3) is 7.36. The van der Waals surface area contributed by atoms with E-state index in [1.54, 1.807) is 0 Å². The fourth-order valence-corrected chi connectivity index (χ4v) is 4.72. The van der Waals surface area contributed by atoms with Gasteiger partial charge in [-0.2, -0.15) is 0 Å². The zero-order chi connectivity index (χ0) is 22.4. The topological polar surface area (TPSA) is 57.0 Å². The van der Waals surface area contributed by atoms with Crippen LogP contribution in [-0.2, 0) is 19.4 Å². The molecule has 33 heavy (non-hydrogen) atoms. The second kappa shape index (κ2) is 14.2. The minimum Gasteiger partial charge on any atom is -0.340 e. The maximum absolute atomic E-state index is 6.27. The highest BCUT2D eigenvalue weighted by atomic mass is 35.5. The van der Waals surface area contributed by atoms with Crippen LogP contribution in [-0.4, -0.2) is 16.7 Å². The SMILES string of the molecule is CCCCC(CC)Cn1c2ccc(CC(N)CC)cc2c2cc(CC(N)CC)ccc21.Cl.Cl. The number of rotatable bonds is 12. The van der Waals surface area contributed by atoms with Gasteiger partial charge >= 0.3 is 0 Å². The highest BCUT2D eigenvalue weighted by Gasteiger charge is 2.16. The van der Waals surface area contributed by atoms with Crippen molar-refractivity contribution in [3.8, 4) is 0 Å². The number of nitrogens with zero attached hydrogens (tertiary/aromatic N) is 1. The number of benzene rings is 2. The van der Waals surface area contributed by atoms with E-state index < -0.39 is 0 Å². The molecule has 1 aromatic heterocycles. The van der Waals surface area contributed by atoms with Crippen molar-refractivity contribution in [3.63, 3.8) is 0 Å². The zero-order valence-electron chi connectivity index (χ0n) is 21.0. The third-order valence-electron chi connectivity index (χ3n) is 7.02. The molecule has 3 atom stereocenters. The van der Waals surface area contributed by atoms with Crippen LogP contribution in [0.5, 0.6) is 0 Å². The molecule has 4 N–H and O–H groups in total. The molecule has 0 fully saturated rings. The number of halogens is 2. The van der Waals surface area contributed by atoms with Crippen LogP contribution in [0.25, 0.3) is 21.8 Å². The second-order valence-corrected chi connectivity index (χ2v) is 9.48. The molecule has 0 amide bonds. The lowest BCUT2D eigenvalue weighted by atomic mass is 9.99. The van der Waals surface area contributed by atoms with E-state index in [1.807, 2.05) is 0 Å². The Morgan fingerprint density at radius 3 is 1.61 bits per heavy atom. The lowest BCUT2D eigenvalue weighted by Gasteiger charge is -2.17. The molecule has 2 aromatic carbocycles. The van der Waals surface area contributed by atoms with Crippen LogP contribution in [0.1, 0.15) is 77.3 Å². The van der Waals surface area contributed by atoms with Crippen LogP contribution in [0.3, 0.4) is 0 Å². The first-order valence-electron chi connectivity index (χ1n) is 12.5. The molecule has 3 nitrogen and oxygen atoms in total. The van der Waals surface area contributed by atoms with Crippen LogP contribution >= 0.6 is 24.8 Å². The van der Waals surface area contributed by atoms with Gasteiger partial charge in [-0.3, -0.25) is 0 Å². The van der Waals surface area contributed by atoms with E-state index in [0.29, 0.717) is 0 Å². The van der Waals surface area contributed by atoms with Crippen molar-refractivity contribution in [2.24, 2.45) is 17.4 Å². The van der Waals surface area contributed by atoms with Gasteiger partial charge in [0.15, 0.2) is 0 Å². The molecule has 0 saturated carbocycles. The van der Waals surface area contributed by atoms with E-state index in [-0.39, 0.29) is 36.9 Å². The standard InChI is InChI=1S/C28H43N3.2ClH/c1-5-9-10-20(6-2)19-31-27-13-11-21(15-23(29)7-3)17-25(27)26-18-22(12-14-28(26)31)16-24(30)8-4;;/h11-14,17-18,20,23-24H,5-10,15-16,19,29-30H2,1-4H3;2*1H. The van der Waals surface area contributed by atoms with Gasteiger partial charge < -0.3 is 16.0 Å². The number of nitrogens with two attached hydrogens (primary N) is 2. The fraction of sp³-hybridized carbons (Fsp3) is 0.571. The van der Waals surface area contributed by atoms with Crippen LogP contribution in [0.15, 0.2) is 36.4 Å². The first-order valence-corrected chi connectivity index (χ1v) is 12.5. The molecule has 186 valence electrons. The Morgan fingerprint density at radius 2 is 1.21 bits per heavy atom. The molecule has 0 radical (unpaired) electrons. The Morgan fingerprint density at radius 1 is 0.727 bits per heavy atom. The molecule has 0 aliphatic rings. The molecule has 0 saturated heterocycles. The van der Waals surface area contributed by atoms with Crippen LogP contribution in [0.4, 0.5) is 0 Å². The molecular formula is C28H45Cl2N3. The van der Waals surface area contributed by atoms with Gasteiger partial charge in [0, 0.05) is 40.4 Å². The van der Waals surface area contributed by atoms with Crippen molar-refractivity contribution in [2.45, 2.75) is 97.7 Å². The van der Waals surface area contributed by atoms with Crippen LogP contribution in [0.2, 0.25) is 0 Å². The summed E-state index contributed by atoms with van der Waals surface area (Å²) in [5.41, 5.74) is 17.9. The average Bonchev–Trinajstić information content (AvgIpc) is 3.08. The largest absolute Gasteiger partial charge is 0.340 e. The molecule has 3 rings (SSSR count). The van der Waals surface area contributed by atoms with E-state index in [9.17, 15) is 0 Å². The fourth-order valence-electron chi connectivity index (χ4n) is 4.72. The van der Waals surface area contributed by atoms with Crippen LogP contribution < -0.4 is 11.5 Å². The quantitative estimate of drug-likeness (QED) is 0.275. The van der Waals surface area contributed by atoms with Crippen LogP contribution in [0, 0.1) is 5.92 Å². The molecule has 3 aromatic rings. The Kier molecular flexibility index (Phi) is 12.8. The van der Waals surface area contributed by atoms with Gasteiger partial charge in [-0.05, 0) is 73.4 Å². The second-order valence-electron chi connectivity index (χ2n) is 9.48. The molecule has 5 heteroatoms. The summed E-state index contributed by atoms with van der Waals surface area (Å²) < 4.78 is 2.57. The Hall–Kier alpha value is -1.26. The summed E-state index contributed by atoms with van der Waals surface area (Å²) >= 11 is 0. The lowest BCUT2D eigenvalue weighted by Crippen LogP contribution is -2.21. The summed E-state index contributed by atoms with van der Waals surface area (Å²) in [5.74, 6) is 0.722. The average molecular weight is 495 g/mol. The Labute approximate surface area is 213 Å². The van der Waals surface area contributed by atoms with Crippen molar-refractivity contribution in [1.29, 1.82) is 0 Å². The first kappa shape index (κ1) is 29.8. The smallest absolute Gasteiger partial charge is 0.0491 e. The lowest BCUT2D eigenvalue weighted by molar-refractivity contribution is 0.401. The number of fused-ring (bicyclic) bond motifs is 3. The zero-order valence-corrected chi connectivity index (χ0v) is 22.6. The maximum atomic E-state index is 6.27. The molecule has 0 aliphatic heterocycles. The van der Waals surface area contributed by atoms with E-state index in [1.165, 1.54) is 58.6 Å². The molecule has 0 bridgehead atoms. The van der Waals surface area contributed by atoms with Crippen molar-refractivity contribution in [3.05, 3.63) is 47.5 Å². The maximum Gasteiger partial charge on any atom is 0.0491 e. The van der Waals surface area contributed by atoms with Gasteiger partial charge in [-0.1, -0.05) is 59.1 Å². The van der Waals surface area contributed by atoms with Crippen molar-refractivity contribution >= 4 is 46.6 Å². The summed E-state index contributed by atoms with van der Waals surface area (Å²) in [4.78, 5) is 0. The summed E-state index contributed by atoms with van der Waals surface area (Å²) in [6.45, 7) is 10.1. The van der Waals surface area contributed by atoms with E-state index in [0.717, 1.165) is 38.1 Å². The number of hydrogen-bond donors (Lipinski definition) is 2. The summed E-state index contributed by atoms with van der Waals surface area (Å²) in [7, 11) is 0. The van der Waals surface area contributed by atoms with Gasteiger partial charge in [0.25, 0.3) is 0 Å². The Balaban J connectivity index is 0.00000272. The molecule has 0 spiro atoms. The van der Waals surface area contributed by atoms with E-state index in [4.69, 9.17) is 11.5 Å². The Bertz CT molecular complexity index is 913. The van der Waals surface area contributed by atoms with Gasteiger partial charge in [-0.25, -0.2) is 0 Å². The predicted molar refractivity (Wildman–Crippen MR) is 151 cm³/mol. The van der Waals surface area contributed by atoms with E-state index in [2.05, 4.69) is 68.7 Å². The molecular weight excluding hydrogens is 449 g/mol. The van der Waals surface area contributed by atoms with Crippen molar-refractivity contribution < 1.29 is 0 Å². The summed E-state index contributed by atoms with van der Waals surface area (Å²) in [6.07, 6.45) is 9.01. The minimum atomic E-state index is 0. The number of hydrogen-bond acceptors (Lipinski definition) is 2. The molecule has 1 heterocycles. The highest BCUT2D eigenvalue weighted by molar-refractivity contribution is 6.08. The van der Waals surface area contributed by atoms with Gasteiger partial charge in [0.1, 0.15) is 0 Å². The van der Waals surface area contributed by atoms with Crippen molar-refractivity contribution in [1.82, 2.24) is 4.57 Å². The predicted octanol–water partition coefficient (Wildman–Crippen LogP) is 7.41. The number of aromatic nitrogens is 1. The molecule has 3 unspecified atom stereocenters.